The lowest BCUT2D eigenvalue weighted by Crippen LogP contribution is -2.27. The average Bonchev–Trinajstić information content (AvgIpc) is 3.05. The normalized spacial score (nSPS) is 14.8. The zero-order chi connectivity index (χ0) is 16.5. The van der Waals surface area contributed by atoms with E-state index in [4.69, 9.17) is 0 Å². The summed E-state index contributed by atoms with van der Waals surface area (Å²) in [6, 6.07) is 6.47. The van der Waals surface area contributed by atoms with Gasteiger partial charge in [-0.25, -0.2) is 0 Å². The lowest BCUT2D eigenvalue weighted by atomic mass is 10.2. The van der Waals surface area contributed by atoms with Gasteiger partial charge >= 0.3 is 0 Å². The maximum absolute atomic E-state index is 11.7. The van der Waals surface area contributed by atoms with Crippen LogP contribution < -0.4 is 5.32 Å². The van der Waals surface area contributed by atoms with Gasteiger partial charge in [0.1, 0.15) is 0 Å². The molecule has 1 aromatic carbocycles. The summed E-state index contributed by atoms with van der Waals surface area (Å²) in [7, 11) is 0. The number of hydrogen-bond donors (Lipinski definition) is 1. The summed E-state index contributed by atoms with van der Waals surface area (Å²) < 4.78 is 0. The molecule has 2 rings (SSSR count). The number of hydrogen-bond acceptors (Lipinski definition) is 5. The van der Waals surface area contributed by atoms with E-state index in [-0.39, 0.29) is 11.6 Å². The predicted molar refractivity (Wildman–Crippen MR) is 97.0 cm³/mol. The monoisotopic (exact) mass is 354 g/mol. The molecule has 1 aliphatic rings. The summed E-state index contributed by atoms with van der Waals surface area (Å²) in [6.45, 7) is 0.734. The lowest BCUT2D eigenvalue weighted by Gasteiger charge is -2.09. The van der Waals surface area contributed by atoms with Crippen LogP contribution in [0.25, 0.3) is 0 Å². The number of nitrogens with one attached hydrogen (secondary N) is 1. The Labute approximate surface area is 145 Å². The van der Waals surface area contributed by atoms with Crippen LogP contribution >= 0.6 is 23.5 Å². The number of nitro groups is 1. The molecule has 0 saturated heterocycles. The van der Waals surface area contributed by atoms with Crippen molar-refractivity contribution in [3.8, 4) is 0 Å². The second-order valence-corrected chi connectivity index (χ2v) is 7.94. The molecule has 0 unspecified atom stereocenters. The van der Waals surface area contributed by atoms with Crippen molar-refractivity contribution in [3.05, 3.63) is 39.9 Å². The number of benzene rings is 1. The van der Waals surface area contributed by atoms with E-state index in [0.29, 0.717) is 11.5 Å². The number of non-ortho nitro benzene ring substituents is 1. The van der Waals surface area contributed by atoms with E-state index in [9.17, 15) is 14.9 Å². The van der Waals surface area contributed by atoms with Gasteiger partial charge in [-0.2, -0.15) is 11.8 Å². The molecule has 23 heavy (non-hydrogen) atoms. The Morgan fingerprint density at radius 2 is 1.96 bits per heavy atom. The van der Waals surface area contributed by atoms with Gasteiger partial charge < -0.3 is 5.32 Å². The minimum Gasteiger partial charge on any atom is -0.355 e. The van der Waals surface area contributed by atoms with Crippen molar-refractivity contribution in [2.75, 3.05) is 18.1 Å². The third kappa shape index (κ3) is 6.83. The molecule has 0 bridgehead atoms. The quantitative estimate of drug-likeness (QED) is 0.416. The Kier molecular flexibility index (Phi) is 7.74. The number of carbonyl (C=O) groups excluding carboxylic acids is 1. The van der Waals surface area contributed by atoms with E-state index >= 15 is 0 Å². The second kappa shape index (κ2) is 9.82. The van der Waals surface area contributed by atoms with Crippen LogP contribution in [0.1, 0.15) is 31.2 Å². The van der Waals surface area contributed by atoms with Gasteiger partial charge in [0.05, 0.1) is 10.7 Å². The molecule has 126 valence electrons. The molecule has 0 atom stereocenters. The molecule has 0 heterocycles. The Hall–Kier alpha value is -1.21. The van der Waals surface area contributed by atoms with Crippen molar-refractivity contribution in [3.63, 3.8) is 0 Å². The maximum atomic E-state index is 11.7. The van der Waals surface area contributed by atoms with Crippen molar-refractivity contribution in [1.29, 1.82) is 0 Å². The number of nitrogens with zero attached hydrogens (tertiary/aromatic N) is 1. The SMILES string of the molecule is O=C(CSCc1ccc([N+](=O)[O-])cc1)NCCSC1CCCC1. The van der Waals surface area contributed by atoms with E-state index < -0.39 is 4.92 Å². The molecule has 0 aliphatic heterocycles. The van der Waals surface area contributed by atoms with Crippen molar-refractivity contribution in [1.82, 2.24) is 5.32 Å². The highest BCUT2D eigenvalue weighted by Crippen LogP contribution is 2.28. The van der Waals surface area contributed by atoms with E-state index in [1.165, 1.54) is 49.6 Å². The van der Waals surface area contributed by atoms with Crippen LogP contribution in [0.2, 0.25) is 0 Å². The first-order valence-corrected chi connectivity index (χ1v) is 10.0. The Bertz CT molecular complexity index is 517. The van der Waals surface area contributed by atoms with Crippen LogP contribution in [-0.4, -0.2) is 34.1 Å². The molecule has 1 aromatic rings. The van der Waals surface area contributed by atoms with Gasteiger partial charge in [0.25, 0.3) is 5.69 Å². The second-order valence-electron chi connectivity index (χ2n) is 5.54. The first-order valence-electron chi connectivity index (χ1n) is 7.84. The molecule has 0 aromatic heterocycles. The van der Waals surface area contributed by atoms with Crippen molar-refractivity contribution in [2.24, 2.45) is 0 Å². The van der Waals surface area contributed by atoms with Crippen LogP contribution in [0, 0.1) is 10.1 Å². The first kappa shape index (κ1) is 18.1. The molecule has 0 radical (unpaired) electrons. The highest BCUT2D eigenvalue weighted by atomic mass is 32.2. The largest absolute Gasteiger partial charge is 0.355 e. The third-order valence-corrected chi connectivity index (χ3v) is 6.12. The first-order chi connectivity index (χ1) is 11.1. The Morgan fingerprint density at radius 1 is 1.26 bits per heavy atom. The van der Waals surface area contributed by atoms with Gasteiger partial charge in [-0.1, -0.05) is 25.0 Å². The maximum Gasteiger partial charge on any atom is 0.269 e. The summed E-state index contributed by atoms with van der Waals surface area (Å²) in [6.07, 6.45) is 5.35. The number of thioether (sulfide) groups is 2. The zero-order valence-electron chi connectivity index (χ0n) is 13.0. The van der Waals surface area contributed by atoms with E-state index in [2.05, 4.69) is 5.32 Å². The molecule has 0 spiro atoms. The van der Waals surface area contributed by atoms with Crippen LogP contribution in [0.3, 0.4) is 0 Å². The molecule has 1 fully saturated rings. The van der Waals surface area contributed by atoms with Crippen molar-refractivity contribution < 1.29 is 9.72 Å². The van der Waals surface area contributed by atoms with Crippen LogP contribution in [-0.2, 0) is 10.5 Å². The smallest absolute Gasteiger partial charge is 0.269 e. The van der Waals surface area contributed by atoms with E-state index in [0.717, 1.165) is 23.1 Å². The summed E-state index contributed by atoms with van der Waals surface area (Å²) in [5, 5.41) is 14.3. The summed E-state index contributed by atoms with van der Waals surface area (Å²) in [5.41, 5.74) is 1.08. The minimum atomic E-state index is -0.409. The van der Waals surface area contributed by atoms with Crippen LogP contribution in [0.5, 0.6) is 0 Å². The molecule has 1 amide bonds. The number of carbonyl (C=O) groups is 1. The number of rotatable bonds is 9. The fraction of sp³-hybridized carbons (Fsp3) is 0.562. The molecule has 1 saturated carbocycles. The molecule has 1 aliphatic carbocycles. The lowest BCUT2D eigenvalue weighted by molar-refractivity contribution is -0.384. The summed E-state index contributed by atoms with van der Waals surface area (Å²) in [5.74, 6) is 2.15. The average molecular weight is 354 g/mol. The molecule has 1 N–H and O–H groups in total. The van der Waals surface area contributed by atoms with E-state index in [1.54, 1.807) is 12.1 Å². The van der Waals surface area contributed by atoms with E-state index in [1.807, 2.05) is 11.8 Å². The highest BCUT2D eigenvalue weighted by Gasteiger charge is 2.14. The van der Waals surface area contributed by atoms with Gasteiger partial charge in [0, 0.05) is 35.4 Å². The van der Waals surface area contributed by atoms with Gasteiger partial charge in [-0.3, -0.25) is 14.9 Å². The fourth-order valence-electron chi connectivity index (χ4n) is 2.50. The molecular weight excluding hydrogens is 332 g/mol. The third-order valence-electron chi connectivity index (χ3n) is 3.73. The summed E-state index contributed by atoms with van der Waals surface area (Å²) >= 11 is 3.50. The standard InChI is InChI=1S/C16H22N2O3S2/c19-16(17-9-10-23-15-3-1-2-4-15)12-22-11-13-5-7-14(8-6-13)18(20)21/h5-8,15H,1-4,9-12H2,(H,17,19). The van der Waals surface area contributed by atoms with Gasteiger partial charge in [0.15, 0.2) is 0 Å². The van der Waals surface area contributed by atoms with Gasteiger partial charge in [-0.05, 0) is 18.4 Å². The predicted octanol–water partition coefficient (Wildman–Crippen LogP) is 3.62. The van der Waals surface area contributed by atoms with Crippen molar-refractivity contribution >= 4 is 35.1 Å². The fourth-order valence-corrected chi connectivity index (χ4v) is 4.54. The Balaban J connectivity index is 1.54. The highest BCUT2D eigenvalue weighted by molar-refractivity contribution is 8.00. The Morgan fingerprint density at radius 3 is 2.61 bits per heavy atom. The van der Waals surface area contributed by atoms with Crippen LogP contribution in [0.4, 0.5) is 5.69 Å². The minimum absolute atomic E-state index is 0.0592. The van der Waals surface area contributed by atoms with Gasteiger partial charge in [-0.15, -0.1) is 11.8 Å². The molecule has 5 nitrogen and oxygen atoms in total. The van der Waals surface area contributed by atoms with Crippen molar-refractivity contribution in [2.45, 2.75) is 36.7 Å². The molecular formula is C16H22N2O3S2. The number of nitro benzene ring substituents is 1. The summed E-state index contributed by atoms with van der Waals surface area (Å²) in [4.78, 5) is 21.9. The molecule has 7 heteroatoms. The number of amides is 1. The zero-order valence-corrected chi connectivity index (χ0v) is 14.7. The topological polar surface area (TPSA) is 72.2 Å². The van der Waals surface area contributed by atoms with Gasteiger partial charge in [0.2, 0.25) is 5.91 Å². The van der Waals surface area contributed by atoms with Crippen LogP contribution in [0.15, 0.2) is 24.3 Å².